The maximum absolute atomic E-state index is 12.4. The van der Waals surface area contributed by atoms with Gasteiger partial charge in [-0.2, -0.15) is 0 Å². The van der Waals surface area contributed by atoms with Crippen LogP contribution in [0.1, 0.15) is 19.3 Å². The van der Waals surface area contributed by atoms with Crippen LogP contribution < -0.4 is 5.32 Å². The average Bonchev–Trinajstić information content (AvgIpc) is 3.29. The summed E-state index contributed by atoms with van der Waals surface area (Å²) in [6, 6.07) is 0. The first-order valence-corrected chi connectivity index (χ1v) is 8.71. The molecule has 3 saturated heterocycles. The summed E-state index contributed by atoms with van der Waals surface area (Å²) in [5.41, 5.74) is 0. The molecule has 0 aliphatic carbocycles. The SMILES string of the molecule is CN=C(NCC1CCOC1)N1CCN(C(=O)C2CCCO2)CC1. The number of ether oxygens (including phenoxy) is 2. The summed E-state index contributed by atoms with van der Waals surface area (Å²) in [5.74, 6) is 1.67. The predicted octanol–water partition coefficient (Wildman–Crippen LogP) is -0.0785. The van der Waals surface area contributed by atoms with E-state index in [1.165, 1.54) is 0 Å². The molecule has 7 heteroatoms. The van der Waals surface area contributed by atoms with E-state index in [0.29, 0.717) is 5.92 Å². The van der Waals surface area contributed by atoms with Crippen LogP contribution in [0.25, 0.3) is 0 Å². The van der Waals surface area contributed by atoms with Gasteiger partial charge in [-0.3, -0.25) is 9.79 Å². The summed E-state index contributed by atoms with van der Waals surface area (Å²) < 4.78 is 10.9. The van der Waals surface area contributed by atoms with Gasteiger partial charge in [0.2, 0.25) is 0 Å². The highest BCUT2D eigenvalue weighted by molar-refractivity contribution is 5.82. The van der Waals surface area contributed by atoms with Gasteiger partial charge < -0.3 is 24.6 Å². The van der Waals surface area contributed by atoms with E-state index in [4.69, 9.17) is 9.47 Å². The number of rotatable bonds is 3. The number of guanidine groups is 1. The highest BCUT2D eigenvalue weighted by Gasteiger charge is 2.31. The number of amides is 1. The van der Waals surface area contributed by atoms with Gasteiger partial charge in [-0.15, -0.1) is 0 Å². The van der Waals surface area contributed by atoms with E-state index < -0.39 is 0 Å². The smallest absolute Gasteiger partial charge is 0.251 e. The summed E-state index contributed by atoms with van der Waals surface area (Å²) in [5, 5.41) is 3.45. The Bertz CT molecular complexity index is 423. The van der Waals surface area contributed by atoms with Gasteiger partial charge in [0.1, 0.15) is 6.10 Å². The van der Waals surface area contributed by atoms with Gasteiger partial charge in [-0.25, -0.2) is 0 Å². The zero-order valence-corrected chi connectivity index (χ0v) is 14.0. The zero-order chi connectivity index (χ0) is 16.1. The summed E-state index contributed by atoms with van der Waals surface area (Å²) >= 11 is 0. The lowest BCUT2D eigenvalue weighted by atomic mass is 10.1. The predicted molar refractivity (Wildman–Crippen MR) is 87.4 cm³/mol. The maximum atomic E-state index is 12.4. The normalized spacial score (nSPS) is 29.2. The fraction of sp³-hybridized carbons (Fsp3) is 0.875. The molecule has 0 aromatic carbocycles. The van der Waals surface area contributed by atoms with Crippen LogP contribution in [0.3, 0.4) is 0 Å². The third-order valence-corrected chi connectivity index (χ3v) is 4.88. The molecule has 1 N–H and O–H groups in total. The molecule has 0 aromatic rings. The Morgan fingerprint density at radius 2 is 1.96 bits per heavy atom. The monoisotopic (exact) mass is 324 g/mol. The van der Waals surface area contributed by atoms with Crippen molar-refractivity contribution in [2.24, 2.45) is 10.9 Å². The molecule has 3 aliphatic rings. The Hall–Kier alpha value is -1.34. The molecule has 7 nitrogen and oxygen atoms in total. The molecule has 0 aromatic heterocycles. The van der Waals surface area contributed by atoms with Crippen molar-refractivity contribution in [3.8, 4) is 0 Å². The molecule has 2 unspecified atom stereocenters. The molecule has 3 rings (SSSR count). The lowest BCUT2D eigenvalue weighted by molar-refractivity contribution is -0.142. The van der Waals surface area contributed by atoms with Gasteiger partial charge >= 0.3 is 0 Å². The lowest BCUT2D eigenvalue weighted by Gasteiger charge is -2.37. The second-order valence-corrected chi connectivity index (χ2v) is 6.47. The van der Waals surface area contributed by atoms with E-state index in [2.05, 4.69) is 15.2 Å². The molecule has 130 valence electrons. The van der Waals surface area contributed by atoms with Gasteiger partial charge in [-0.05, 0) is 19.3 Å². The number of carbonyl (C=O) groups excluding carboxylic acids is 1. The first-order valence-electron chi connectivity index (χ1n) is 8.71. The van der Waals surface area contributed by atoms with Crippen molar-refractivity contribution >= 4 is 11.9 Å². The quantitative estimate of drug-likeness (QED) is 0.581. The molecule has 0 saturated carbocycles. The van der Waals surface area contributed by atoms with Crippen LogP contribution in [-0.4, -0.2) is 87.4 Å². The number of aliphatic imine (C=N–C) groups is 1. The third kappa shape index (κ3) is 4.14. The first kappa shape index (κ1) is 16.5. The van der Waals surface area contributed by atoms with Crippen LogP contribution in [0.2, 0.25) is 0 Å². The second-order valence-electron chi connectivity index (χ2n) is 6.47. The summed E-state index contributed by atoms with van der Waals surface area (Å²) in [4.78, 5) is 20.9. The molecule has 0 spiro atoms. The van der Waals surface area contributed by atoms with Gasteiger partial charge in [0.25, 0.3) is 5.91 Å². The van der Waals surface area contributed by atoms with Crippen LogP contribution in [-0.2, 0) is 14.3 Å². The number of nitrogens with one attached hydrogen (secondary N) is 1. The van der Waals surface area contributed by atoms with Crippen molar-refractivity contribution < 1.29 is 14.3 Å². The standard InChI is InChI=1S/C16H28N4O3/c1-17-16(18-11-13-4-10-22-12-13)20-7-5-19(6-8-20)15(21)14-3-2-9-23-14/h13-14H,2-12H2,1H3,(H,17,18). The Kier molecular flexibility index (Phi) is 5.72. The average molecular weight is 324 g/mol. The van der Waals surface area contributed by atoms with Crippen LogP contribution in [0, 0.1) is 5.92 Å². The minimum absolute atomic E-state index is 0.160. The number of hydrogen-bond donors (Lipinski definition) is 1. The maximum Gasteiger partial charge on any atom is 0.251 e. The number of nitrogens with zero attached hydrogens (tertiary/aromatic N) is 3. The molecule has 1 amide bonds. The molecule has 0 bridgehead atoms. The lowest BCUT2D eigenvalue weighted by Crippen LogP contribution is -2.55. The van der Waals surface area contributed by atoms with Gasteiger partial charge in [0.05, 0.1) is 6.61 Å². The fourth-order valence-electron chi connectivity index (χ4n) is 3.43. The minimum Gasteiger partial charge on any atom is -0.381 e. The molecule has 3 heterocycles. The van der Waals surface area contributed by atoms with Crippen molar-refractivity contribution in [2.45, 2.75) is 25.4 Å². The van der Waals surface area contributed by atoms with E-state index in [1.54, 1.807) is 0 Å². The molecular weight excluding hydrogens is 296 g/mol. The van der Waals surface area contributed by atoms with E-state index in [1.807, 2.05) is 11.9 Å². The Balaban J connectivity index is 1.44. The number of carbonyl (C=O) groups is 1. The molecule has 2 atom stereocenters. The molecule has 23 heavy (non-hydrogen) atoms. The van der Waals surface area contributed by atoms with Crippen molar-refractivity contribution in [3.05, 3.63) is 0 Å². The van der Waals surface area contributed by atoms with Crippen LogP contribution >= 0.6 is 0 Å². The van der Waals surface area contributed by atoms with E-state index in [9.17, 15) is 4.79 Å². The zero-order valence-electron chi connectivity index (χ0n) is 14.0. The largest absolute Gasteiger partial charge is 0.381 e. The highest BCUT2D eigenvalue weighted by Crippen LogP contribution is 2.16. The molecular formula is C16H28N4O3. The molecule has 0 radical (unpaired) electrons. The van der Waals surface area contributed by atoms with Crippen molar-refractivity contribution in [3.63, 3.8) is 0 Å². The first-order chi connectivity index (χ1) is 11.3. The summed E-state index contributed by atoms with van der Waals surface area (Å²) in [7, 11) is 1.82. The summed E-state index contributed by atoms with van der Waals surface area (Å²) in [6.07, 6.45) is 2.78. The minimum atomic E-state index is -0.207. The van der Waals surface area contributed by atoms with Crippen LogP contribution in [0.5, 0.6) is 0 Å². The van der Waals surface area contributed by atoms with Gasteiger partial charge in [0.15, 0.2) is 5.96 Å². The van der Waals surface area contributed by atoms with Crippen molar-refractivity contribution in [2.75, 3.05) is 59.6 Å². The fourth-order valence-corrected chi connectivity index (χ4v) is 3.43. The molecule has 3 fully saturated rings. The van der Waals surface area contributed by atoms with Gasteiger partial charge in [-0.1, -0.05) is 0 Å². The van der Waals surface area contributed by atoms with E-state index >= 15 is 0 Å². The number of hydrogen-bond acceptors (Lipinski definition) is 4. The van der Waals surface area contributed by atoms with E-state index in [-0.39, 0.29) is 12.0 Å². The topological polar surface area (TPSA) is 66.4 Å². The Labute approximate surface area is 138 Å². The van der Waals surface area contributed by atoms with Crippen LogP contribution in [0.4, 0.5) is 0 Å². The second kappa shape index (κ2) is 7.97. The van der Waals surface area contributed by atoms with Crippen molar-refractivity contribution in [1.29, 1.82) is 0 Å². The Morgan fingerprint density at radius 1 is 1.17 bits per heavy atom. The summed E-state index contributed by atoms with van der Waals surface area (Å²) in [6.45, 7) is 6.46. The van der Waals surface area contributed by atoms with E-state index in [0.717, 1.165) is 77.8 Å². The van der Waals surface area contributed by atoms with Crippen molar-refractivity contribution in [1.82, 2.24) is 15.1 Å². The third-order valence-electron chi connectivity index (χ3n) is 4.88. The molecule has 3 aliphatic heterocycles. The highest BCUT2D eigenvalue weighted by atomic mass is 16.5. The Morgan fingerprint density at radius 3 is 2.57 bits per heavy atom. The van der Waals surface area contributed by atoms with Gasteiger partial charge in [0, 0.05) is 58.9 Å². The van der Waals surface area contributed by atoms with Crippen LogP contribution in [0.15, 0.2) is 4.99 Å². The number of piperazine rings is 1.